The number of carbonyl (C=O) groups excluding carboxylic acids is 2. The van der Waals surface area contributed by atoms with Crippen LogP contribution < -0.4 is 0 Å². The minimum Gasteiger partial charge on any atom is -0.337 e. The SMILES string of the molecule is O=C(OOC(=O)C(F)(OCC(F)(OCCC(F)(F)F)C(F)(F)F)C(F)(F)F)C(F)(OCC(F)(OCCC(F)(F)F)C(F)(F)F)C(F)(F)F. The number of carbonyl (C=O) groups is 2. The fourth-order valence-corrected chi connectivity index (χ4v) is 2.15. The van der Waals surface area contributed by atoms with Gasteiger partial charge in [-0.2, -0.15) is 96.6 Å². The lowest BCUT2D eigenvalue weighted by atomic mass is 10.2. The predicted octanol–water partition coefficient (Wildman–Crippen LogP) is 6.87. The molecule has 4 unspecified atom stereocenters. The van der Waals surface area contributed by atoms with Crippen LogP contribution in [-0.4, -0.2) is 98.8 Å². The van der Waals surface area contributed by atoms with Gasteiger partial charge in [0.15, 0.2) is 0 Å². The molecule has 0 aromatic heterocycles. The van der Waals surface area contributed by atoms with E-state index in [0.29, 0.717) is 0 Å². The van der Waals surface area contributed by atoms with Gasteiger partial charge in [0.1, 0.15) is 13.2 Å². The average molecular weight is 774 g/mol. The largest absolute Gasteiger partial charge is 0.460 e. The highest BCUT2D eigenvalue weighted by molar-refractivity contribution is 5.82. The lowest BCUT2D eigenvalue weighted by Crippen LogP contribution is -2.58. The van der Waals surface area contributed by atoms with E-state index in [4.69, 9.17) is 0 Å². The maximum absolute atomic E-state index is 14.3. The van der Waals surface area contributed by atoms with Gasteiger partial charge in [0, 0.05) is 0 Å². The van der Waals surface area contributed by atoms with Gasteiger partial charge in [0.05, 0.1) is 26.1 Å². The summed E-state index contributed by atoms with van der Waals surface area (Å²) < 4.78 is 297. The van der Waals surface area contributed by atoms with Crippen molar-refractivity contribution in [3.8, 4) is 0 Å². The van der Waals surface area contributed by atoms with E-state index < -0.39 is 112 Å². The third kappa shape index (κ3) is 12.0. The normalized spacial score (nSPS) is 19.0. The van der Waals surface area contributed by atoms with E-state index in [1.54, 1.807) is 0 Å². The zero-order valence-electron chi connectivity index (χ0n) is 21.8. The third-order valence-electron chi connectivity index (χ3n) is 4.64. The Morgan fingerprint density at radius 1 is 0.375 bits per heavy atom. The molecule has 0 amide bonds. The molecule has 0 saturated carbocycles. The van der Waals surface area contributed by atoms with Crippen molar-refractivity contribution in [2.45, 2.75) is 73.3 Å². The number of hydrogen-bond donors (Lipinski definition) is 0. The second-order valence-electron chi connectivity index (χ2n) is 8.38. The van der Waals surface area contributed by atoms with Gasteiger partial charge in [0.2, 0.25) is 0 Å². The van der Waals surface area contributed by atoms with Crippen LogP contribution in [0.4, 0.5) is 96.6 Å². The van der Waals surface area contributed by atoms with Crippen LogP contribution in [0.2, 0.25) is 0 Å². The first-order chi connectivity index (χ1) is 20.9. The Hall–Kier alpha value is -2.76. The number of ether oxygens (including phenoxy) is 4. The van der Waals surface area contributed by atoms with Crippen molar-refractivity contribution in [2.24, 2.45) is 0 Å². The highest BCUT2D eigenvalue weighted by Gasteiger charge is 2.71. The van der Waals surface area contributed by atoms with Gasteiger partial charge >= 0.3 is 72.4 Å². The van der Waals surface area contributed by atoms with Crippen molar-refractivity contribution in [1.29, 1.82) is 0 Å². The molecule has 0 bridgehead atoms. The number of hydrogen-bond acceptors (Lipinski definition) is 8. The summed E-state index contributed by atoms with van der Waals surface area (Å²) in [5.41, 5.74) is 0. The third-order valence-corrected chi connectivity index (χ3v) is 4.64. The fourth-order valence-electron chi connectivity index (χ4n) is 2.15. The smallest absolute Gasteiger partial charge is 0.337 e. The lowest BCUT2D eigenvalue weighted by molar-refractivity contribution is -0.399. The molecule has 0 fully saturated rings. The maximum Gasteiger partial charge on any atom is 0.460 e. The van der Waals surface area contributed by atoms with Crippen LogP contribution in [0.3, 0.4) is 0 Å². The van der Waals surface area contributed by atoms with Gasteiger partial charge in [-0.3, -0.25) is 0 Å². The first kappa shape index (κ1) is 45.2. The lowest BCUT2D eigenvalue weighted by Gasteiger charge is -2.32. The van der Waals surface area contributed by atoms with Crippen LogP contribution in [0.15, 0.2) is 0 Å². The molecular weight excluding hydrogens is 762 g/mol. The highest BCUT2D eigenvalue weighted by Crippen LogP contribution is 2.44. The summed E-state index contributed by atoms with van der Waals surface area (Å²) in [5.74, 6) is -33.4. The fraction of sp³-hybridized carbons (Fsp3) is 0.889. The van der Waals surface area contributed by atoms with Crippen molar-refractivity contribution in [2.75, 3.05) is 26.4 Å². The summed E-state index contributed by atoms with van der Waals surface area (Å²) >= 11 is 0. The summed E-state index contributed by atoms with van der Waals surface area (Å²) in [6, 6.07) is 0. The van der Waals surface area contributed by atoms with Crippen LogP contribution in [0, 0.1) is 0 Å². The number of rotatable bonds is 14. The Labute approximate surface area is 248 Å². The van der Waals surface area contributed by atoms with Gasteiger partial charge in [-0.1, -0.05) is 0 Å². The molecule has 0 rings (SSSR count). The van der Waals surface area contributed by atoms with Gasteiger partial charge < -0.3 is 18.9 Å². The standard InChI is InChI=1S/C18H12F22O8/c19-9(15(29,30)31,43-3-1-11(21,22)23)5-45-13(27,17(35,36)37)7(41)47-48-8(42)14(28,18(38,39)40)46-6-10(20,16(32,33)34)44-4-2-12(24,25)26/h1-6H2. The molecule has 0 aromatic carbocycles. The van der Waals surface area contributed by atoms with Gasteiger partial charge in [-0.05, 0) is 0 Å². The molecule has 0 aliphatic carbocycles. The van der Waals surface area contributed by atoms with Crippen molar-refractivity contribution >= 4 is 11.9 Å². The summed E-state index contributed by atoms with van der Waals surface area (Å²) in [4.78, 5) is 28.0. The molecule has 286 valence electrons. The molecule has 30 heteroatoms. The van der Waals surface area contributed by atoms with Crippen LogP contribution in [0.5, 0.6) is 0 Å². The maximum atomic E-state index is 14.3. The van der Waals surface area contributed by atoms with E-state index in [2.05, 4.69) is 28.7 Å². The van der Waals surface area contributed by atoms with Gasteiger partial charge in [-0.25, -0.2) is 19.4 Å². The average Bonchev–Trinajstić information content (AvgIpc) is 2.84. The molecule has 48 heavy (non-hydrogen) atoms. The predicted molar refractivity (Wildman–Crippen MR) is 96.9 cm³/mol. The Bertz CT molecular complexity index is 996. The minimum atomic E-state index is -7.17. The molecular formula is C18H12F22O8. The van der Waals surface area contributed by atoms with E-state index >= 15 is 0 Å². The van der Waals surface area contributed by atoms with Crippen molar-refractivity contribution < 1.29 is 135 Å². The molecule has 0 aliphatic rings. The molecule has 8 nitrogen and oxygen atoms in total. The minimum absolute atomic E-state index is 2.37. The number of alkyl halides is 22. The van der Waals surface area contributed by atoms with Gasteiger partial charge in [-0.15, -0.1) is 0 Å². The molecule has 0 saturated heterocycles. The summed E-state index contributed by atoms with van der Waals surface area (Å²) in [5, 5.41) is 0. The molecule has 0 radical (unpaired) electrons. The van der Waals surface area contributed by atoms with E-state index in [1.807, 2.05) is 0 Å². The first-order valence-corrected chi connectivity index (χ1v) is 11.0. The molecule has 0 N–H and O–H groups in total. The molecule has 0 aromatic rings. The van der Waals surface area contributed by atoms with E-state index in [1.165, 1.54) is 0 Å². The Morgan fingerprint density at radius 2 is 0.625 bits per heavy atom. The molecule has 0 spiro atoms. The quantitative estimate of drug-likeness (QED) is 0.107. The van der Waals surface area contributed by atoms with Crippen LogP contribution in [0.25, 0.3) is 0 Å². The van der Waals surface area contributed by atoms with Gasteiger partial charge in [0.25, 0.3) is 0 Å². The van der Waals surface area contributed by atoms with Crippen molar-refractivity contribution in [3.63, 3.8) is 0 Å². The van der Waals surface area contributed by atoms with E-state index in [0.717, 1.165) is 0 Å². The zero-order chi connectivity index (χ0) is 38.6. The second kappa shape index (κ2) is 14.6. The Balaban J connectivity index is 6.12. The molecule has 0 heterocycles. The van der Waals surface area contributed by atoms with Crippen molar-refractivity contribution in [3.05, 3.63) is 0 Å². The summed E-state index contributed by atoms with van der Waals surface area (Å²) in [6.07, 6.45) is -43.4. The zero-order valence-corrected chi connectivity index (χ0v) is 21.8. The van der Waals surface area contributed by atoms with Crippen LogP contribution in [0.1, 0.15) is 12.8 Å². The van der Waals surface area contributed by atoms with Crippen LogP contribution >= 0.6 is 0 Å². The van der Waals surface area contributed by atoms with E-state index in [9.17, 15) is 106 Å². The Morgan fingerprint density at radius 3 is 0.812 bits per heavy atom. The van der Waals surface area contributed by atoms with Crippen LogP contribution in [-0.2, 0) is 38.3 Å². The molecule has 0 aliphatic heterocycles. The van der Waals surface area contributed by atoms with Crippen molar-refractivity contribution in [1.82, 2.24) is 0 Å². The highest BCUT2D eigenvalue weighted by atomic mass is 19.4. The summed E-state index contributed by atoms with van der Waals surface area (Å²) in [7, 11) is 0. The monoisotopic (exact) mass is 774 g/mol. The van der Waals surface area contributed by atoms with E-state index in [-0.39, 0.29) is 0 Å². The summed E-state index contributed by atoms with van der Waals surface area (Å²) in [6.45, 7) is -11.9. The molecule has 4 atom stereocenters. The second-order valence-corrected chi connectivity index (χ2v) is 8.38. The first-order valence-electron chi connectivity index (χ1n) is 11.0. The number of halogens is 22. The topological polar surface area (TPSA) is 89.5 Å². The Kier molecular flexibility index (Phi) is 13.8.